The third-order valence-electron chi connectivity index (χ3n) is 3.54. The molecule has 0 saturated carbocycles. The summed E-state index contributed by atoms with van der Waals surface area (Å²) in [5, 5.41) is 22.2. The predicted octanol–water partition coefficient (Wildman–Crippen LogP) is 3.60. The van der Waals surface area contributed by atoms with Gasteiger partial charge in [-0.15, -0.1) is 10.2 Å². The van der Waals surface area contributed by atoms with E-state index < -0.39 is 10.8 Å². The number of nitrogens with two attached hydrogens (primary N) is 1. The van der Waals surface area contributed by atoms with Gasteiger partial charge in [0.15, 0.2) is 5.82 Å². The molecule has 0 fully saturated rings. The second kappa shape index (κ2) is 8.46. The highest BCUT2D eigenvalue weighted by molar-refractivity contribution is 7.99. The topological polar surface area (TPSA) is 129 Å². The number of aromatic nitrogens is 3. The van der Waals surface area contributed by atoms with Crippen LogP contribution in [0.5, 0.6) is 0 Å². The number of nitro benzene ring substituents is 1. The number of hydrogen-bond donors (Lipinski definition) is 2. The molecule has 1 heterocycles. The summed E-state index contributed by atoms with van der Waals surface area (Å²) in [6.07, 6.45) is 0. The molecule has 3 N–H and O–H groups in total. The van der Waals surface area contributed by atoms with Gasteiger partial charge in [0, 0.05) is 17.3 Å². The summed E-state index contributed by atoms with van der Waals surface area (Å²) < 4.78 is 1.24. The van der Waals surface area contributed by atoms with E-state index in [-0.39, 0.29) is 22.2 Å². The van der Waals surface area contributed by atoms with E-state index >= 15 is 0 Å². The number of benzene rings is 2. The van der Waals surface area contributed by atoms with Gasteiger partial charge in [-0.1, -0.05) is 47.1 Å². The van der Waals surface area contributed by atoms with Crippen molar-refractivity contribution in [1.29, 1.82) is 0 Å². The summed E-state index contributed by atoms with van der Waals surface area (Å²) in [5.74, 6) is 5.93. The minimum Gasteiger partial charge on any atom is -0.335 e. The molecule has 3 aromatic rings. The third-order valence-corrected chi connectivity index (χ3v) is 5.13. The van der Waals surface area contributed by atoms with Gasteiger partial charge in [-0.3, -0.25) is 14.9 Å². The summed E-state index contributed by atoms with van der Waals surface area (Å²) in [6, 6.07) is 11.0. The molecule has 28 heavy (non-hydrogen) atoms. The highest BCUT2D eigenvalue weighted by atomic mass is 35.5. The van der Waals surface area contributed by atoms with Crippen LogP contribution < -0.4 is 11.2 Å². The first kappa shape index (κ1) is 19.9. The van der Waals surface area contributed by atoms with E-state index in [2.05, 4.69) is 15.5 Å². The zero-order valence-corrected chi connectivity index (χ0v) is 16.3. The average Bonchev–Trinajstić information content (AvgIpc) is 3.02. The van der Waals surface area contributed by atoms with Gasteiger partial charge in [-0.25, -0.2) is 4.68 Å². The van der Waals surface area contributed by atoms with E-state index in [0.29, 0.717) is 21.6 Å². The first-order valence-electron chi connectivity index (χ1n) is 7.69. The number of nitrogens with one attached hydrogen (secondary N) is 1. The van der Waals surface area contributed by atoms with Crippen LogP contribution in [0.1, 0.15) is 0 Å². The zero-order valence-electron chi connectivity index (χ0n) is 14.0. The SMILES string of the molecule is Nn1c(SCC(=O)Nc2ccc(Cl)c([N+](=O)[O-])c2)nnc1-c1ccccc1Cl. The monoisotopic (exact) mass is 438 g/mol. The normalized spacial score (nSPS) is 10.6. The van der Waals surface area contributed by atoms with Crippen LogP contribution in [-0.4, -0.2) is 31.5 Å². The van der Waals surface area contributed by atoms with Gasteiger partial charge in [0.25, 0.3) is 5.69 Å². The quantitative estimate of drug-likeness (QED) is 0.260. The second-order valence-electron chi connectivity index (χ2n) is 5.42. The molecular weight excluding hydrogens is 427 g/mol. The van der Waals surface area contributed by atoms with Crippen molar-refractivity contribution in [3.63, 3.8) is 0 Å². The Balaban J connectivity index is 1.67. The molecule has 0 aliphatic rings. The lowest BCUT2D eigenvalue weighted by Gasteiger charge is -2.06. The van der Waals surface area contributed by atoms with Crippen LogP contribution in [-0.2, 0) is 4.79 Å². The van der Waals surface area contributed by atoms with Crippen molar-refractivity contribution < 1.29 is 9.72 Å². The molecule has 0 aliphatic heterocycles. The first-order valence-corrected chi connectivity index (χ1v) is 9.43. The van der Waals surface area contributed by atoms with Crippen LogP contribution in [0.25, 0.3) is 11.4 Å². The standard InChI is InChI=1S/C16H12Cl2N6O3S/c17-11-4-2-1-3-10(11)15-21-22-16(23(15)19)28-8-14(25)20-9-5-6-12(18)13(7-9)24(26)27/h1-7H,8,19H2,(H,20,25). The highest BCUT2D eigenvalue weighted by Gasteiger charge is 2.17. The summed E-state index contributed by atoms with van der Waals surface area (Å²) in [6.45, 7) is 0. The first-order chi connectivity index (χ1) is 13.4. The molecule has 3 rings (SSSR count). The molecule has 9 nitrogen and oxygen atoms in total. The predicted molar refractivity (Wildman–Crippen MR) is 108 cm³/mol. The van der Waals surface area contributed by atoms with E-state index in [1.54, 1.807) is 24.3 Å². The highest BCUT2D eigenvalue weighted by Crippen LogP contribution is 2.29. The number of carbonyl (C=O) groups is 1. The van der Waals surface area contributed by atoms with Crippen molar-refractivity contribution in [2.24, 2.45) is 0 Å². The summed E-state index contributed by atoms with van der Waals surface area (Å²) in [4.78, 5) is 22.4. The Labute approximate surface area is 173 Å². The number of carbonyl (C=O) groups excluding carboxylic acids is 1. The Hall–Kier alpha value is -2.82. The third kappa shape index (κ3) is 4.35. The van der Waals surface area contributed by atoms with Crippen LogP contribution in [0, 0.1) is 10.1 Å². The van der Waals surface area contributed by atoms with Crippen molar-refractivity contribution in [1.82, 2.24) is 14.9 Å². The smallest absolute Gasteiger partial charge is 0.289 e. The maximum Gasteiger partial charge on any atom is 0.289 e. The lowest BCUT2D eigenvalue weighted by atomic mass is 10.2. The van der Waals surface area contributed by atoms with Crippen molar-refractivity contribution >= 4 is 52.2 Å². The molecule has 2 aromatic carbocycles. The maximum atomic E-state index is 12.1. The van der Waals surface area contributed by atoms with Crippen LogP contribution in [0.15, 0.2) is 47.6 Å². The molecule has 0 saturated heterocycles. The molecule has 0 aliphatic carbocycles. The van der Waals surface area contributed by atoms with Gasteiger partial charge in [0.05, 0.1) is 15.7 Å². The van der Waals surface area contributed by atoms with E-state index in [0.717, 1.165) is 11.8 Å². The number of halogens is 2. The second-order valence-corrected chi connectivity index (χ2v) is 7.17. The van der Waals surface area contributed by atoms with Crippen LogP contribution >= 0.6 is 35.0 Å². The fraction of sp³-hybridized carbons (Fsp3) is 0.0625. The molecule has 0 atom stereocenters. The number of anilines is 1. The van der Waals surface area contributed by atoms with Crippen molar-refractivity contribution in [2.75, 3.05) is 16.9 Å². The van der Waals surface area contributed by atoms with Crippen LogP contribution in [0.4, 0.5) is 11.4 Å². The largest absolute Gasteiger partial charge is 0.335 e. The Morgan fingerprint density at radius 3 is 2.68 bits per heavy atom. The number of rotatable bonds is 6. The zero-order chi connectivity index (χ0) is 20.3. The van der Waals surface area contributed by atoms with E-state index in [4.69, 9.17) is 29.0 Å². The minimum absolute atomic E-state index is 0.0132. The van der Waals surface area contributed by atoms with Crippen molar-refractivity contribution in [2.45, 2.75) is 5.16 Å². The molecule has 144 valence electrons. The summed E-state index contributed by atoms with van der Waals surface area (Å²) >= 11 is 12.9. The number of thioether (sulfide) groups is 1. The number of nitrogen functional groups attached to an aromatic ring is 1. The van der Waals surface area contributed by atoms with E-state index in [9.17, 15) is 14.9 Å². The van der Waals surface area contributed by atoms with Crippen LogP contribution in [0.3, 0.4) is 0 Å². The minimum atomic E-state index is -0.625. The van der Waals surface area contributed by atoms with Gasteiger partial charge >= 0.3 is 0 Å². The van der Waals surface area contributed by atoms with Gasteiger partial charge in [-0.2, -0.15) is 0 Å². The Kier molecular flexibility index (Phi) is 6.02. The van der Waals surface area contributed by atoms with E-state index in [1.807, 2.05) is 0 Å². The molecular formula is C16H12Cl2N6O3S. The fourth-order valence-corrected chi connectivity index (χ4v) is 3.32. The molecule has 12 heteroatoms. The van der Waals surface area contributed by atoms with E-state index in [1.165, 1.54) is 22.9 Å². The Morgan fingerprint density at radius 1 is 1.21 bits per heavy atom. The molecule has 1 aromatic heterocycles. The summed E-state index contributed by atoms with van der Waals surface area (Å²) in [7, 11) is 0. The number of nitrogens with zero attached hydrogens (tertiary/aromatic N) is 4. The Morgan fingerprint density at radius 2 is 1.96 bits per heavy atom. The van der Waals surface area contributed by atoms with Gasteiger partial charge < -0.3 is 11.2 Å². The molecule has 0 bridgehead atoms. The molecule has 0 unspecified atom stereocenters. The Bertz CT molecular complexity index is 1060. The number of hydrogen-bond acceptors (Lipinski definition) is 7. The number of amides is 1. The van der Waals surface area contributed by atoms with Gasteiger partial charge in [-0.05, 0) is 24.3 Å². The maximum absolute atomic E-state index is 12.1. The van der Waals surface area contributed by atoms with Gasteiger partial charge in [0.2, 0.25) is 11.1 Å². The number of nitro groups is 1. The van der Waals surface area contributed by atoms with Gasteiger partial charge in [0.1, 0.15) is 5.02 Å². The fourth-order valence-electron chi connectivity index (χ4n) is 2.26. The summed E-state index contributed by atoms with van der Waals surface area (Å²) in [5.41, 5.74) is 0.579. The van der Waals surface area contributed by atoms with Crippen molar-refractivity contribution in [3.8, 4) is 11.4 Å². The average molecular weight is 439 g/mol. The lowest BCUT2D eigenvalue weighted by molar-refractivity contribution is -0.384. The lowest BCUT2D eigenvalue weighted by Crippen LogP contribution is -2.16. The molecule has 1 amide bonds. The molecule has 0 radical (unpaired) electrons. The van der Waals surface area contributed by atoms with Crippen LogP contribution in [0.2, 0.25) is 10.0 Å². The van der Waals surface area contributed by atoms with Crippen molar-refractivity contribution in [3.05, 3.63) is 62.6 Å². The molecule has 0 spiro atoms.